The van der Waals surface area contributed by atoms with Gasteiger partial charge in [-0.15, -0.1) is 0 Å². The maximum Gasteiger partial charge on any atom is 0.252 e. The summed E-state index contributed by atoms with van der Waals surface area (Å²) in [7, 11) is 0. The van der Waals surface area contributed by atoms with Gasteiger partial charge in [-0.3, -0.25) is 4.79 Å². The molecule has 0 spiro atoms. The molecule has 2 atom stereocenters. The van der Waals surface area contributed by atoms with Crippen molar-refractivity contribution in [2.75, 3.05) is 0 Å². The van der Waals surface area contributed by atoms with Gasteiger partial charge in [0.15, 0.2) is 0 Å². The minimum atomic E-state index is -0.0993. The fourth-order valence-electron chi connectivity index (χ4n) is 2.36. The van der Waals surface area contributed by atoms with Crippen molar-refractivity contribution in [1.82, 2.24) is 5.32 Å². The lowest BCUT2D eigenvalue weighted by atomic mass is 10.0. The summed E-state index contributed by atoms with van der Waals surface area (Å²) in [4.78, 5) is 12.2. The summed E-state index contributed by atoms with van der Waals surface area (Å²) in [6.45, 7) is 1.95. The SMILES string of the molecule is Cc1cccc(C(=O)NC2CCCC2C#N)c1Br. The van der Waals surface area contributed by atoms with E-state index in [1.807, 2.05) is 19.1 Å². The van der Waals surface area contributed by atoms with Gasteiger partial charge < -0.3 is 5.32 Å². The quantitative estimate of drug-likeness (QED) is 0.912. The van der Waals surface area contributed by atoms with Crippen molar-refractivity contribution >= 4 is 21.8 Å². The lowest BCUT2D eigenvalue weighted by Gasteiger charge is -2.16. The molecule has 1 aliphatic carbocycles. The first kappa shape index (κ1) is 13.1. The van der Waals surface area contributed by atoms with Gasteiger partial charge in [0.1, 0.15) is 0 Å². The Morgan fingerprint density at radius 2 is 2.28 bits per heavy atom. The molecule has 1 N–H and O–H groups in total. The third kappa shape index (κ3) is 2.56. The van der Waals surface area contributed by atoms with Crippen LogP contribution in [0, 0.1) is 24.2 Å². The number of amides is 1. The topological polar surface area (TPSA) is 52.9 Å². The molecule has 94 valence electrons. The van der Waals surface area contributed by atoms with Crippen molar-refractivity contribution in [3.05, 3.63) is 33.8 Å². The first-order valence-corrected chi connectivity index (χ1v) is 6.88. The molecule has 2 rings (SSSR count). The second kappa shape index (κ2) is 5.53. The summed E-state index contributed by atoms with van der Waals surface area (Å²) in [5.74, 6) is -0.143. The van der Waals surface area contributed by atoms with Crippen LogP contribution in [0.5, 0.6) is 0 Å². The van der Waals surface area contributed by atoms with E-state index in [0.29, 0.717) is 5.56 Å². The summed E-state index contributed by atoms with van der Waals surface area (Å²) in [5, 5.41) is 12.0. The van der Waals surface area contributed by atoms with Crippen molar-refractivity contribution in [1.29, 1.82) is 5.26 Å². The van der Waals surface area contributed by atoms with Crippen LogP contribution in [0.1, 0.15) is 35.2 Å². The maximum absolute atomic E-state index is 12.2. The number of nitrogens with one attached hydrogen (secondary N) is 1. The summed E-state index contributed by atoms with van der Waals surface area (Å²) in [6, 6.07) is 7.88. The van der Waals surface area contributed by atoms with E-state index in [2.05, 4.69) is 27.3 Å². The van der Waals surface area contributed by atoms with Gasteiger partial charge in [0.05, 0.1) is 17.6 Å². The molecule has 1 fully saturated rings. The van der Waals surface area contributed by atoms with Gasteiger partial charge in [0.2, 0.25) is 0 Å². The number of aryl methyl sites for hydroxylation is 1. The van der Waals surface area contributed by atoms with Crippen LogP contribution in [0.25, 0.3) is 0 Å². The van der Waals surface area contributed by atoms with Crippen molar-refractivity contribution in [2.45, 2.75) is 32.2 Å². The monoisotopic (exact) mass is 306 g/mol. The Morgan fingerprint density at radius 1 is 1.50 bits per heavy atom. The number of benzene rings is 1. The molecule has 4 heteroatoms. The zero-order valence-corrected chi connectivity index (χ0v) is 11.8. The van der Waals surface area contributed by atoms with Gasteiger partial charge in [-0.2, -0.15) is 5.26 Å². The molecule has 0 aliphatic heterocycles. The fourth-order valence-corrected chi connectivity index (χ4v) is 2.80. The van der Waals surface area contributed by atoms with Gasteiger partial charge in [-0.25, -0.2) is 0 Å². The summed E-state index contributed by atoms with van der Waals surface area (Å²) < 4.78 is 0.828. The predicted molar refractivity (Wildman–Crippen MR) is 73.1 cm³/mol. The zero-order valence-electron chi connectivity index (χ0n) is 10.2. The summed E-state index contributed by atoms with van der Waals surface area (Å²) >= 11 is 3.44. The zero-order chi connectivity index (χ0) is 13.1. The first-order valence-electron chi connectivity index (χ1n) is 6.09. The van der Waals surface area contributed by atoms with Crippen LogP contribution >= 0.6 is 15.9 Å². The highest BCUT2D eigenvalue weighted by Crippen LogP contribution is 2.26. The van der Waals surface area contributed by atoms with Gasteiger partial charge in [-0.05, 0) is 53.7 Å². The average molecular weight is 307 g/mol. The number of hydrogen-bond acceptors (Lipinski definition) is 2. The highest BCUT2D eigenvalue weighted by molar-refractivity contribution is 9.10. The second-order valence-corrected chi connectivity index (χ2v) is 5.48. The Labute approximate surface area is 115 Å². The lowest BCUT2D eigenvalue weighted by Crippen LogP contribution is -2.37. The molecule has 0 bridgehead atoms. The van der Waals surface area contributed by atoms with Crippen LogP contribution in [0.2, 0.25) is 0 Å². The molecule has 0 saturated heterocycles. The van der Waals surface area contributed by atoms with E-state index in [-0.39, 0.29) is 17.9 Å². The van der Waals surface area contributed by atoms with Gasteiger partial charge in [-0.1, -0.05) is 12.1 Å². The second-order valence-electron chi connectivity index (χ2n) is 4.68. The van der Waals surface area contributed by atoms with Gasteiger partial charge in [0, 0.05) is 10.5 Å². The normalized spacial score (nSPS) is 22.5. The molecule has 0 heterocycles. The van der Waals surface area contributed by atoms with E-state index < -0.39 is 0 Å². The molecular formula is C14H15BrN2O. The third-order valence-corrected chi connectivity index (χ3v) is 4.49. The number of halogens is 1. The average Bonchev–Trinajstić information content (AvgIpc) is 2.79. The van der Waals surface area contributed by atoms with Crippen molar-refractivity contribution in [3.8, 4) is 6.07 Å². The van der Waals surface area contributed by atoms with Crippen LogP contribution < -0.4 is 5.32 Å². The minimum absolute atomic E-state index is 0.00471. The molecule has 1 aliphatic rings. The van der Waals surface area contributed by atoms with E-state index in [4.69, 9.17) is 5.26 Å². The van der Waals surface area contributed by atoms with Gasteiger partial charge >= 0.3 is 0 Å². The first-order chi connectivity index (χ1) is 8.63. The standard InChI is InChI=1S/C14H15BrN2O/c1-9-4-2-6-11(13(9)15)14(18)17-12-7-3-5-10(12)8-16/h2,4,6,10,12H,3,5,7H2,1H3,(H,17,18). The van der Waals surface area contributed by atoms with E-state index in [1.54, 1.807) is 6.07 Å². The predicted octanol–water partition coefficient (Wildman–Crippen LogP) is 3.18. The molecule has 1 aromatic carbocycles. The largest absolute Gasteiger partial charge is 0.348 e. The Hall–Kier alpha value is -1.34. The van der Waals surface area contributed by atoms with Crippen LogP contribution in [0.15, 0.2) is 22.7 Å². The van der Waals surface area contributed by atoms with Crippen LogP contribution in [0.4, 0.5) is 0 Å². The van der Waals surface area contributed by atoms with Crippen molar-refractivity contribution in [3.63, 3.8) is 0 Å². The Kier molecular flexibility index (Phi) is 4.03. The van der Waals surface area contributed by atoms with E-state index in [1.165, 1.54) is 0 Å². The number of carbonyl (C=O) groups is 1. The molecule has 3 nitrogen and oxygen atoms in total. The molecule has 0 radical (unpaired) electrons. The van der Waals surface area contributed by atoms with Crippen LogP contribution in [-0.4, -0.2) is 11.9 Å². The highest BCUT2D eigenvalue weighted by atomic mass is 79.9. The lowest BCUT2D eigenvalue weighted by molar-refractivity contribution is 0.0932. The molecule has 18 heavy (non-hydrogen) atoms. The van der Waals surface area contributed by atoms with E-state index >= 15 is 0 Å². The number of nitrogens with zero attached hydrogens (tertiary/aromatic N) is 1. The molecule has 1 amide bonds. The molecule has 1 aromatic rings. The Morgan fingerprint density at radius 3 is 3.00 bits per heavy atom. The van der Waals surface area contributed by atoms with Gasteiger partial charge in [0.25, 0.3) is 5.91 Å². The Balaban J connectivity index is 2.13. The summed E-state index contributed by atoms with van der Waals surface area (Å²) in [5.41, 5.74) is 1.67. The minimum Gasteiger partial charge on any atom is -0.348 e. The third-order valence-electron chi connectivity index (χ3n) is 3.43. The summed E-state index contributed by atoms with van der Waals surface area (Å²) in [6.07, 6.45) is 2.79. The number of rotatable bonds is 2. The van der Waals surface area contributed by atoms with Crippen LogP contribution in [-0.2, 0) is 0 Å². The maximum atomic E-state index is 12.2. The number of nitriles is 1. The molecule has 2 unspecified atom stereocenters. The number of carbonyl (C=O) groups excluding carboxylic acids is 1. The molecule has 0 aromatic heterocycles. The van der Waals surface area contributed by atoms with Crippen LogP contribution in [0.3, 0.4) is 0 Å². The van der Waals surface area contributed by atoms with E-state index in [9.17, 15) is 4.79 Å². The van der Waals surface area contributed by atoms with E-state index in [0.717, 1.165) is 29.3 Å². The highest BCUT2D eigenvalue weighted by Gasteiger charge is 2.29. The molecular weight excluding hydrogens is 292 g/mol. The smallest absolute Gasteiger partial charge is 0.252 e. The molecule has 1 saturated carbocycles. The van der Waals surface area contributed by atoms with Crippen molar-refractivity contribution in [2.24, 2.45) is 5.92 Å². The Bertz CT molecular complexity index is 507. The van der Waals surface area contributed by atoms with Crippen molar-refractivity contribution < 1.29 is 4.79 Å². The fraction of sp³-hybridized carbons (Fsp3) is 0.429. The number of hydrogen-bond donors (Lipinski definition) is 1.